The van der Waals surface area contributed by atoms with Crippen LogP contribution in [-0.4, -0.2) is 75.5 Å². The number of alkyl halides is 8. The van der Waals surface area contributed by atoms with E-state index in [1.807, 2.05) is 0 Å². The molecule has 12 heteroatoms. The van der Waals surface area contributed by atoms with Crippen LogP contribution in [0.3, 0.4) is 0 Å². The Labute approximate surface area is 143 Å². The van der Waals surface area contributed by atoms with Crippen LogP contribution in [0.15, 0.2) is 0 Å². The quantitative estimate of drug-likeness (QED) is 0.351. The predicted octanol–water partition coefficient (Wildman–Crippen LogP) is 3.14. The van der Waals surface area contributed by atoms with Gasteiger partial charge >= 0.3 is 24.2 Å². The molecule has 2 saturated heterocycles. The molecule has 0 aromatic heterocycles. The van der Waals surface area contributed by atoms with Gasteiger partial charge < -0.3 is 18.9 Å². The van der Waals surface area contributed by atoms with Gasteiger partial charge in [0.1, 0.15) is 12.2 Å². The molecule has 0 saturated carbocycles. The standard InChI is InChI=1S/C14H18F8O4/c15-11(16)13(19,20)14(21,22)12(17,18)2-1-8(24-6-10-7-26-10)3-23-4-9-5-25-9/h8-11H,1-7H2. The van der Waals surface area contributed by atoms with Crippen molar-refractivity contribution in [2.24, 2.45) is 0 Å². The first kappa shape index (κ1) is 21.6. The summed E-state index contributed by atoms with van der Waals surface area (Å²) in [5.41, 5.74) is 0. The lowest BCUT2D eigenvalue weighted by atomic mass is 9.98. The van der Waals surface area contributed by atoms with Crippen LogP contribution in [0.2, 0.25) is 0 Å². The summed E-state index contributed by atoms with van der Waals surface area (Å²) in [4.78, 5) is 0. The number of epoxide rings is 2. The van der Waals surface area contributed by atoms with Crippen molar-refractivity contribution in [2.75, 3.05) is 33.0 Å². The van der Waals surface area contributed by atoms with Crippen molar-refractivity contribution in [1.82, 2.24) is 0 Å². The van der Waals surface area contributed by atoms with Crippen molar-refractivity contribution < 1.29 is 54.1 Å². The lowest BCUT2D eigenvalue weighted by Gasteiger charge is -2.33. The Morgan fingerprint density at radius 1 is 0.923 bits per heavy atom. The second kappa shape index (κ2) is 8.11. The summed E-state index contributed by atoms with van der Waals surface area (Å²) in [6.45, 7) is 0.713. The molecule has 0 aliphatic carbocycles. The van der Waals surface area contributed by atoms with E-state index in [0.717, 1.165) is 0 Å². The lowest BCUT2D eigenvalue weighted by molar-refractivity contribution is -0.340. The minimum atomic E-state index is -6.21. The van der Waals surface area contributed by atoms with E-state index >= 15 is 0 Å². The molecule has 0 N–H and O–H groups in total. The normalized spacial score (nSPS) is 24.8. The van der Waals surface area contributed by atoms with Gasteiger partial charge in [0, 0.05) is 6.42 Å². The van der Waals surface area contributed by atoms with Gasteiger partial charge in [-0.2, -0.15) is 26.3 Å². The molecule has 2 heterocycles. The fraction of sp³-hybridized carbons (Fsp3) is 1.00. The largest absolute Gasteiger partial charge is 0.377 e. The molecule has 2 fully saturated rings. The van der Waals surface area contributed by atoms with E-state index in [1.54, 1.807) is 0 Å². The van der Waals surface area contributed by atoms with Crippen LogP contribution in [0.4, 0.5) is 35.1 Å². The predicted molar refractivity (Wildman–Crippen MR) is 70.1 cm³/mol. The van der Waals surface area contributed by atoms with E-state index in [1.165, 1.54) is 0 Å². The molecule has 4 nitrogen and oxygen atoms in total. The molecule has 0 radical (unpaired) electrons. The van der Waals surface area contributed by atoms with Crippen molar-refractivity contribution in [3.63, 3.8) is 0 Å². The Morgan fingerprint density at radius 3 is 1.96 bits per heavy atom. The second-order valence-electron chi connectivity index (χ2n) is 6.14. The molecule has 2 rings (SSSR count). The number of halogens is 8. The zero-order valence-electron chi connectivity index (χ0n) is 13.4. The molecule has 2 aliphatic rings. The van der Waals surface area contributed by atoms with Gasteiger partial charge in [-0.05, 0) is 6.42 Å². The molecule has 0 spiro atoms. The highest BCUT2D eigenvalue weighted by atomic mass is 19.4. The molecule has 0 bridgehead atoms. The SMILES string of the molecule is FC(F)C(F)(F)C(F)(F)C(F)(F)CCC(COCC1CO1)OCC1CO1. The minimum Gasteiger partial charge on any atom is -0.376 e. The van der Waals surface area contributed by atoms with Crippen LogP contribution in [0.5, 0.6) is 0 Å². The van der Waals surface area contributed by atoms with Crippen molar-refractivity contribution in [2.45, 2.75) is 55.3 Å². The zero-order valence-corrected chi connectivity index (χ0v) is 13.4. The maximum absolute atomic E-state index is 13.6. The average Bonchev–Trinajstić information content (AvgIpc) is 3.43. The first-order chi connectivity index (χ1) is 12.0. The van der Waals surface area contributed by atoms with Gasteiger partial charge in [-0.25, -0.2) is 8.78 Å². The number of rotatable bonds is 13. The summed E-state index contributed by atoms with van der Waals surface area (Å²) in [6.07, 6.45) is -9.00. The van der Waals surface area contributed by atoms with Crippen molar-refractivity contribution in [1.29, 1.82) is 0 Å². The van der Waals surface area contributed by atoms with Crippen molar-refractivity contribution >= 4 is 0 Å². The molecule has 154 valence electrons. The van der Waals surface area contributed by atoms with Crippen molar-refractivity contribution in [3.8, 4) is 0 Å². The van der Waals surface area contributed by atoms with Crippen LogP contribution in [-0.2, 0) is 18.9 Å². The first-order valence-corrected chi connectivity index (χ1v) is 7.81. The zero-order chi connectivity index (χ0) is 19.6. The van der Waals surface area contributed by atoms with Gasteiger partial charge in [0.15, 0.2) is 0 Å². The smallest absolute Gasteiger partial charge is 0.376 e. The third-order valence-corrected chi connectivity index (χ3v) is 3.86. The molecule has 0 aromatic rings. The van der Waals surface area contributed by atoms with Gasteiger partial charge in [-0.3, -0.25) is 0 Å². The van der Waals surface area contributed by atoms with E-state index in [4.69, 9.17) is 18.9 Å². The third kappa shape index (κ3) is 5.40. The fourth-order valence-electron chi connectivity index (χ4n) is 2.00. The Bertz CT molecular complexity index is 454. The Morgan fingerprint density at radius 2 is 1.46 bits per heavy atom. The first-order valence-electron chi connectivity index (χ1n) is 7.81. The topological polar surface area (TPSA) is 43.5 Å². The summed E-state index contributed by atoms with van der Waals surface area (Å²) in [6, 6.07) is 0. The molecule has 3 atom stereocenters. The van der Waals surface area contributed by atoms with E-state index in [0.29, 0.717) is 13.2 Å². The molecule has 3 unspecified atom stereocenters. The van der Waals surface area contributed by atoms with Crippen LogP contribution < -0.4 is 0 Å². The molecule has 0 amide bonds. The molecule has 0 aromatic carbocycles. The maximum atomic E-state index is 13.6. The highest BCUT2D eigenvalue weighted by molar-refractivity contribution is 4.98. The monoisotopic (exact) mass is 402 g/mol. The van der Waals surface area contributed by atoms with Crippen LogP contribution in [0.1, 0.15) is 12.8 Å². The Balaban J connectivity index is 1.89. The molecular weight excluding hydrogens is 384 g/mol. The van der Waals surface area contributed by atoms with Gasteiger partial charge in [0.05, 0.1) is 39.1 Å². The second-order valence-corrected chi connectivity index (χ2v) is 6.14. The Hall–Kier alpha value is -0.720. The van der Waals surface area contributed by atoms with E-state index < -0.39 is 43.1 Å². The lowest BCUT2D eigenvalue weighted by Crippen LogP contribution is -2.57. The van der Waals surface area contributed by atoms with E-state index in [-0.39, 0.29) is 32.0 Å². The summed E-state index contributed by atoms with van der Waals surface area (Å²) in [7, 11) is 0. The maximum Gasteiger partial charge on any atom is 0.377 e. The molecule has 26 heavy (non-hydrogen) atoms. The van der Waals surface area contributed by atoms with Crippen LogP contribution in [0, 0.1) is 0 Å². The van der Waals surface area contributed by atoms with Gasteiger partial charge in [-0.1, -0.05) is 0 Å². The van der Waals surface area contributed by atoms with Gasteiger partial charge in [0.2, 0.25) is 0 Å². The van der Waals surface area contributed by atoms with Gasteiger partial charge in [0.25, 0.3) is 0 Å². The number of ether oxygens (including phenoxy) is 4. The van der Waals surface area contributed by atoms with E-state index in [2.05, 4.69) is 0 Å². The van der Waals surface area contributed by atoms with Crippen LogP contribution in [0.25, 0.3) is 0 Å². The minimum absolute atomic E-state index is 0.0108. The summed E-state index contributed by atoms with van der Waals surface area (Å²) >= 11 is 0. The molecule has 2 aliphatic heterocycles. The average molecular weight is 402 g/mol. The highest BCUT2D eigenvalue weighted by Gasteiger charge is 2.74. The Kier molecular flexibility index (Phi) is 6.73. The summed E-state index contributed by atoms with van der Waals surface area (Å²) < 4.78 is 124. The third-order valence-electron chi connectivity index (χ3n) is 3.86. The summed E-state index contributed by atoms with van der Waals surface area (Å²) in [5.74, 6) is -17.7. The van der Waals surface area contributed by atoms with Crippen LogP contribution >= 0.6 is 0 Å². The van der Waals surface area contributed by atoms with Gasteiger partial charge in [-0.15, -0.1) is 0 Å². The summed E-state index contributed by atoms with van der Waals surface area (Å²) in [5, 5.41) is 0. The molecular formula is C14H18F8O4. The number of hydrogen-bond acceptors (Lipinski definition) is 4. The fourth-order valence-corrected chi connectivity index (χ4v) is 2.00. The van der Waals surface area contributed by atoms with E-state index in [9.17, 15) is 35.1 Å². The number of hydrogen-bond donors (Lipinski definition) is 0. The van der Waals surface area contributed by atoms with Crippen molar-refractivity contribution in [3.05, 3.63) is 0 Å². The highest BCUT2D eigenvalue weighted by Crippen LogP contribution is 2.50.